The van der Waals surface area contributed by atoms with Gasteiger partial charge in [0, 0.05) is 26.2 Å². The number of amides is 1. The molecular formula is C10H17N7O. The van der Waals surface area contributed by atoms with Gasteiger partial charge in [-0.1, -0.05) is 0 Å². The molecule has 2 rings (SSSR count). The molecule has 0 atom stereocenters. The second kappa shape index (κ2) is 5.71. The molecule has 1 aliphatic rings. The number of likely N-dealkylation sites (N-methyl/N-ethyl adjacent to an activating group) is 1. The SMILES string of the molecule is CN1CCN(NC(=O)c2cnc(NN)cn2)CC1. The zero-order valence-electron chi connectivity index (χ0n) is 10.3. The van der Waals surface area contributed by atoms with E-state index in [-0.39, 0.29) is 11.6 Å². The number of rotatable bonds is 3. The van der Waals surface area contributed by atoms with Crippen LogP contribution in [0.2, 0.25) is 0 Å². The molecule has 0 radical (unpaired) electrons. The van der Waals surface area contributed by atoms with Gasteiger partial charge in [-0.2, -0.15) is 0 Å². The number of anilines is 1. The molecule has 1 fully saturated rings. The van der Waals surface area contributed by atoms with E-state index in [0.717, 1.165) is 26.2 Å². The molecule has 2 heterocycles. The van der Waals surface area contributed by atoms with Crippen LogP contribution in [0.5, 0.6) is 0 Å². The second-order valence-electron chi connectivity index (χ2n) is 4.16. The number of hydrogen-bond acceptors (Lipinski definition) is 7. The van der Waals surface area contributed by atoms with Gasteiger partial charge in [-0.25, -0.2) is 20.8 Å². The van der Waals surface area contributed by atoms with Crippen molar-refractivity contribution in [2.45, 2.75) is 0 Å². The van der Waals surface area contributed by atoms with Crippen LogP contribution in [0, 0.1) is 0 Å². The number of nitrogens with one attached hydrogen (secondary N) is 2. The summed E-state index contributed by atoms with van der Waals surface area (Å²) in [4.78, 5) is 22.0. The van der Waals surface area contributed by atoms with Gasteiger partial charge in [0.2, 0.25) is 0 Å². The number of nitrogen functional groups attached to an aromatic ring is 1. The van der Waals surface area contributed by atoms with Gasteiger partial charge in [-0.3, -0.25) is 10.2 Å². The van der Waals surface area contributed by atoms with E-state index in [1.807, 2.05) is 5.01 Å². The van der Waals surface area contributed by atoms with E-state index < -0.39 is 0 Å². The summed E-state index contributed by atoms with van der Waals surface area (Å²) in [6, 6.07) is 0. The lowest BCUT2D eigenvalue weighted by Gasteiger charge is -2.32. The average molecular weight is 251 g/mol. The highest BCUT2D eigenvalue weighted by Gasteiger charge is 2.17. The predicted molar refractivity (Wildman–Crippen MR) is 66.4 cm³/mol. The maximum Gasteiger partial charge on any atom is 0.285 e. The van der Waals surface area contributed by atoms with Gasteiger partial charge in [0.1, 0.15) is 5.69 Å². The van der Waals surface area contributed by atoms with Gasteiger partial charge in [0.25, 0.3) is 5.91 Å². The molecule has 1 aromatic rings. The molecule has 0 unspecified atom stereocenters. The van der Waals surface area contributed by atoms with Gasteiger partial charge in [0.15, 0.2) is 5.82 Å². The van der Waals surface area contributed by atoms with E-state index in [1.165, 1.54) is 12.4 Å². The summed E-state index contributed by atoms with van der Waals surface area (Å²) in [5, 5.41) is 1.89. The lowest BCUT2D eigenvalue weighted by molar-refractivity contribution is 0.0657. The third kappa shape index (κ3) is 3.13. The average Bonchev–Trinajstić information content (AvgIpc) is 2.41. The number of carbonyl (C=O) groups excluding carboxylic acids is 1. The first-order valence-electron chi connectivity index (χ1n) is 5.72. The molecule has 18 heavy (non-hydrogen) atoms. The lowest BCUT2D eigenvalue weighted by Crippen LogP contribution is -2.52. The van der Waals surface area contributed by atoms with Crippen molar-refractivity contribution < 1.29 is 4.79 Å². The highest BCUT2D eigenvalue weighted by Crippen LogP contribution is 2.00. The van der Waals surface area contributed by atoms with E-state index in [9.17, 15) is 4.79 Å². The van der Waals surface area contributed by atoms with Crippen molar-refractivity contribution in [2.75, 3.05) is 38.7 Å². The molecule has 8 heteroatoms. The molecule has 0 aliphatic carbocycles. The van der Waals surface area contributed by atoms with Crippen LogP contribution < -0.4 is 16.7 Å². The van der Waals surface area contributed by atoms with E-state index in [2.05, 4.69) is 32.8 Å². The molecule has 0 spiro atoms. The normalized spacial score (nSPS) is 17.4. The van der Waals surface area contributed by atoms with E-state index in [0.29, 0.717) is 5.82 Å². The quantitative estimate of drug-likeness (QED) is 0.451. The molecule has 98 valence electrons. The fourth-order valence-electron chi connectivity index (χ4n) is 1.64. The molecule has 0 bridgehead atoms. The van der Waals surface area contributed by atoms with Gasteiger partial charge in [-0.05, 0) is 7.05 Å². The monoisotopic (exact) mass is 251 g/mol. The summed E-state index contributed by atoms with van der Waals surface area (Å²) in [6.45, 7) is 3.47. The molecule has 8 nitrogen and oxygen atoms in total. The van der Waals surface area contributed by atoms with Crippen molar-refractivity contribution in [2.24, 2.45) is 5.84 Å². The fourth-order valence-corrected chi connectivity index (χ4v) is 1.64. The lowest BCUT2D eigenvalue weighted by atomic mass is 10.4. The van der Waals surface area contributed by atoms with Crippen molar-refractivity contribution in [1.29, 1.82) is 0 Å². The molecule has 1 aromatic heterocycles. The molecule has 1 saturated heterocycles. The van der Waals surface area contributed by atoms with E-state index in [4.69, 9.17) is 5.84 Å². The van der Waals surface area contributed by atoms with Gasteiger partial charge in [-0.15, -0.1) is 0 Å². The molecular weight excluding hydrogens is 234 g/mol. The number of nitrogens with zero attached hydrogens (tertiary/aromatic N) is 4. The Kier molecular flexibility index (Phi) is 4.03. The van der Waals surface area contributed by atoms with Crippen LogP contribution >= 0.6 is 0 Å². The van der Waals surface area contributed by atoms with Crippen molar-refractivity contribution in [3.63, 3.8) is 0 Å². The summed E-state index contributed by atoms with van der Waals surface area (Å²) in [5.41, 5.74) is 5.44. The molecule has 1 aliphatic heterocycles. The van der Waals surface area contributed by atoms with Crippen LogP contribution in [0.4, 0.5) is 5.82 Å². The minimum Gasteiger partial charge on any atom is -0.307 e. The van der Waals surface area contributed by atoms with Crippen LogP contribution in [0.1, 0.15) is 10.5 Å². The van der Waals surface area contributed by atoms with Crippen molar-refractivity contribution in [1.82, 2.24) is 25.3 Å². The Morgan fingerprint density at radius 2 is 2.00 bits per heavy atom. The summed E-state index contributed by atoms with van der Waals surface area (Å²) < 4.78 is 0. The Balaban J connectivity index is 1.90. The number of piperazine rings is 1. The third-order valence-electron chi connectivity index (χ3n) is 2.80. The van der Waals surface area contributed by atoms with Gasteiger partial charge in [0.05, 0.1) is 12.4 Å². The molecule has 1 amide bonds. The first-order valence-corrected chi connectivity index (χ1v) is 5.72. The van der Waals surface area contributed by atoms with Gasteiger partial charge < -0.3 is 10.3 Å². The molecule has 0 saturated carbocycles. The zero-order valence-corrected chi connectivity index (χ0v) is 10.3. The van der Waals surface area contributed by atoms with Crippen LogP contribution in [-0.4, -0.2) is 59.0 Å². The predicted octanol–water partition coefficient (Wildman–Crippen LogP) is -1.35. The number of aromatic nitrogens is 2. The topological polar surface area (TPSA) is 99.4 Å². The first-order chi connectivity index (χ1) is 8.69. The Morgan fingerprint density at radius 3 is 2.56 bits per heavy atom. The molecule has 4 N–H and O–H groups in total. The van der Waals surface area contributed by atoms with E-state index >= 15 is 0 Å². The number of carbonyl (C=O) groups is 1. The number of hydrazine groups is 2. The summed E-state index contributed by atoms with van der Waals surface area (Å²) in [7, 11) is 2.06. The maximum atomic E-state index is 11.9. The maximum absolute atomic E-state index is 11.9. The number of nitrogens with two attached hydrogens (primary N) is 1. The standard InChI is InChI=1S/C10H17N7O/c1-16-2-4-17(5-3-16)15-10(18)8-6-13-9(14-11)7-12-8/h6-7H,2-5,11H2,1H3,(H,13,14)(H,15,18). The highest BCUT2D eigenvalue weighted by molar-refractivity contribution is 5.91. The minimum absolute atomic E-state index is 0.254. The summed E-state index contributed by atoms with van der Waals surface area (Å²) in [6.07, 6.45) is 2.81. The smallest absolute Gasteiger partial charge is 0.285 e. The number of hydrogen-bond donors (Lipinski definition) is 3. The van der Waals surface area contributed by atoms with Crippen LogP contribution in [0.3, 0.4) is 0 Å². The third-order valence-corrected chi connectivity index (χ3v) is 2.80. The second-order valence-corrected chi connectivity index (χ2v) is 4.16. The van der Waals surface area contributed by atoms with Crippen molar-refractivity contribution >= 4 is 11.7 Å². The summed E-state index contributed by atoms with van der Waals surface area (Å²) in [5.74, 6) is 5.34. The first kappa shape index (κ1) is 12.7. The van der Waals surface area contributed by atoms with Crippen molar-refractivity contribution in [3.05, 3.63) is 18.1 Å². The minimum atomic E-state index is -0.254. The zero-order chi connectivity index (χ0) is 13.0. The Labute approximate surface area is 105 Å². The fraction of sp³-hybridized carbons (Fsp3) is 0.500. The Morgan fingerprint density at radius 1 is 1.28 bits per heavy atom. The highest BCUT2D eigenvalue weighted by atomic mass is 16.2. The summed E-state index contributed by atoms with van der Waals surface area (Å²) >= 11 is 0. The van der Waals surface area contributed by atoms with Crippen LogP contribution in [0.25, 0.3) is 0 Å². The van der Waals surface area contributed by atoms with Gasteiger partial charge >= 0.3 is 0 Å². The Hall–Kier alpha value is -1.77. The van der Waals surface area contributed by atoms with Crippen LogP contribution in [0.15, 0.2) is 12.4 Å². The van der Waals surface area contributed by atoms with Crippen LogP contribution in [-0.2, 0) is 0 Å². The largest absolute Gasteiger partial charge is 0.307 e. The van der Waals surface area contributed by atoms with Crippen molar-refractivity contribution in [3.8, 4) is 0 Å². The Bertz CT molecular complexity index is 399. The molecule has 0 aromatic carbocycles. The van der Waals surface area contributed by atoms with E-state index in [1.54, 1.807) is 0 Å².